The molecule has 3 nitrogen and oxygen atoms in total. The fourth-order valence-electron chi connectivity index (χ4n) is 2.32. The van der Waals surface area contributed by atoms with E-state index < -0.39 is 34.8 Å². The summed E-state index contributed by atoms with van der Waals surface area (Å²) < 4.78 is 58.8. The molecule has 19 heavy (non-hydrogen) atoms. The van der Waals surface area contributed by atoms with Crippen LogP contribution in [0, 0.1) is 23.5 Å². The summed E-state index contributed by atoms with van der Waals surface area (Å²) >= 11 is 0. The maximum atomic E-state index is 13.7. The van der Waals surface area contributed by atoms with Gasteiger partial charge in [0.25, 0.3) is 11.9 Å². The standard InChI is InChI=1S/C12H14F4N2O/c1-12(19-2)4-3-5-18(6-12)9-7(13)10(15)17-11(16)8(9)14/h3-6H2,1-2H3. The minimum absolute atomic E-state index is 0.153. The average Bonchev–Trinajstić information content (AvgIpc) is 2.37. The highest BCUT2D eigenvalue weighted by Gasteiger charge is 2.35. The normalized spacial score (nSPS) is 23.8. The molecule has 0 spiro atoms. The van der Waals surface area contributed by atoms with E-state index in [2.05, 4.69) is 4.98 Å². The Bertz CT molecular complexity index is 471. The first-order valence-electron chi connectivity index (χ1n) is 5.88. The van der Waals surface area contributed by atoms with Crippen LogP contribution in [0.3, 0.4) is 0 Å². The number of nitrogens with zero attached hydrogens (tertiary/aromatic N) is 2. The van der Waals surface area contributed by atoms with Gasteiger partial charge >= 0.3 is 0 Å². The van der Waals surface area contributed by atoms with E-state index in [-0.39, 0.29) is 6.54 Å². The number of halogens is 4. The topological polar surface area (TPSA) is 25.4 Å². The molecule has 2 heterocycles. The van der Waals surface area contributed by atoms with Gasteiger partial charge in [0.05, 0.1) is 5.60 Å². The summed E-state index contributed by atoms with van der Waals surface area (Å²) in [5.41, 5.74) is -1.32. The Labute approximate surface area is 108 Å². The van der Waals surface area contributed by atoms with E-state index in [9.17, 15) is 17.6 Å². The van der Waals surface area contributed by atoms with Crippen molar-refractivity contribution in [2.75, 3.05) is 25.1 Å². The summed E-state index contributed by atoms with van der Waals surface area (Å²) in [7, 11) is 1.49. The Kier molecular flexibility index (Phi) is 3.66. The highest BCUT2D eigenvalue weighted by atomic mass is 19.2. The molecule has 1 unspecified atom stereocenters. The van der Waals surface area contributed by atoms with Crippen LogP contribution in [0.25, 0.3) is 0 Å². The van der Waals surface area contributed by atoms with Crippen molar-refractivity contribution in [2.45, 2.75) is 25.4 Å². The first kappa shape index (κ1) is 14.0. The zero-order valence-electron chi connectivity index (χ0n) is 10.6. The summed E-state index contributed by atoms with van der Waals surface area (Å²) in [6, 6.07) is 0. The number of ether oxygens (including phenoxy) is 1. The molecule has 1 fully saturated rings. The number of hydrogen-bond acceptors (Lipinski definition) is 3. The average molecular weight is 278 g/mol. The van der Waals surface area contributed by atoms with Crippen molar-refractivity contribution in [3.8, 4) is 0 Å². The summed E-state index contributed by atoms with van der Waals surface area (Å²) in [6.07, 6.45) is 1.31. The summed E-state index contributed by atoms with van der Waals surface area (Å²) in [5.74, 6) is -6.23. The lowest BCUT2D eigenvalue weighted by Gasteiger charge is -2.40. The van der Waals surface area contributed by atoms with Gasteiger partial charge in [-0.2, -0.15) is 22.5 Å². The number of rotatable bonds is 2. The number of pyridine rings is 1. The van der Waals surface area contributed by atoms with E-state index in [0.717, 1.165) is 0 Å². The Morgan fingerprint density at radius 2 is 1.74 bits per heavy atom. The quantitative estimate of drug-likeness (QED) is 0.614. The number of aromatic nitrogens is 1. The van der Waals surface area contributed by atoms with Crippen molar-refractivity contribution in [3.05, 3.63) is 23.5 Å². The fraction of sp³-hybridized carbons (Fsp3) is 0.583. The molecule has 0 radical (unpaired) electrons. The Morgan fingerprint density at radius 1 is 1.16 bits per heavy atom. The number of piperidine rings is 1. The van der Waals surface area contributed by atoms with Gasteiger partial charge in [0.15, 0.2) is 0 Å². The first-order chi connectivity index (χ1) is 8.88. The van der Waals surface area contributed by atoms with E-state index >= 15 is 0 Å². The second-order valence-corrected chi connectivity index (χ2v) is 4.85. The van der Waals surface area contributed by atoms with Crippen LogP contribution in [-0.4, -0.2) is 30.8 Å². The lowest BCUT2D eigenvalue weighted by atomic mass is 9.94. The lowest BCUT2D eigenvalue weighted by Crippen LogP contribution is -2.48. The molecule has 1 aromatic rings. The van der Waals surface area contributed by atoms with Gasteiger partial charge < -0.3 is 9.64 Å². The third-order valence-electron chi connectivity index (χ3n) is 3.44. The number of methoxy groups -OCH3 is 1. The predicted octanol–water partition coefficient (Wildman–Crippen LogP) is 2.64. The second kappa shape index (κ2) is 4.96. The molecule has 1 saturated heterocycles. The van der Waals surface area contributed by atoms with Gasteiger partial charge in [-0.15, -0.1) is 0 Å². The van der Waals surface area contributed by atoms with Crippen LogP contribution in [-0.2, 0) is 4.74 Å². The number of anilines is 1. The van der Waals surface area contributed by atoms with Crippen molar-refractivity contribution in [1.82, 2.24) is 4.98 Å². The summed E-state index contributed by atoms with van der Waals surface area (Å²) in [4.78, 5) is 3.80. The SMILES string of the molecule is COC1(C)CCCN(c2c(F)c(F)nc(F)c2F)C1. The molecule has 0 aromatic carbocycles. The van der Waals surface area contributed by atoms with Gasteiger partial charge in [0.1, 0.15) is 5.69 Å². The van der Waals surface area contributed by atoms with Crippen LogP contribution < -0.4 is 4.90 Å². The largest absolute Gasteiger partial charge is 0.377 e. The van der Waals surface area contributed by atoms with Crippen molar-refractivity contribution in [2.24, 2.45) is 0 Å². The van der Waals surface area contributed by atoms with Crippen molar-refractivity contribution in [1.29, 1.82) is 0 Å². The highest BCUT2D eigenvalue weighted by molar-refractivity contribution is 5.49. The molecule has 0 amide bonds. The first-order valence-corrected chi connectivity index (χ1v) is 5.88. The van der Waals surface area contributed by atoms with E-state index in [1.807, 2.05) is 0 Å². The van der Waals surface area contributed by atoms with Gasteiger partial charge in [0.2, 0.25) is 11.6 Å². The van der Waals surface area contributed by atoms with Gasteiger partial charge in [0, 0.05) is 20.2 Å². The van der Waals surface area contributed by atoms with E-state index in [4.69, 9.17) is 4.74 Å². The lowest BCUT2D eigenvalue weighted by molar-refractivity contribution is -0.00497. The predicted molar refractivity (Wildman–Crippen MR) is 60.9 cm³/mol. The number of hydrogen-bond donors (Lipinski definition) is 0. The Hall–Kier alpha value is -1.37. The molecule has 106 valence electrons. The van der Waals surface area contributed by atoms with Crippen LogP contribution in [0.2, 0.25) is 0 Å². The smallest absolute Gasteiger partial charge is 0.253 e. The molecule has 1 aliphatic heterocycles. The van der Waals surface area contributed by atoms with E-state index in [1.165, 1.54) is 12.0 Å². The van der Waals surface area contributed by atoms with E-state index in [0.29, 0.717) is 19.4 Å². The van der Waals surface area contributed by atoms with Crippen LogP contribution in [0.1, 0.15) is 19.8 Å². The van der Waals surface area contributed by atoms with E-state index in [1.54, 1.807) is 6.92 Å². The minimum Gasteiger partial charge on any atom is -0.377 e. The molecule has 0 saturated carbocycles. The molecule has 0 bridgehead atoms. The third kappa shape index (κ3) is 2.51. The highest BCUT2D eigenvalue weighted by Crippen LogP contribution is 2.32. The maximum Gasteiger partial charge on any atom is 0.253 e. The van der Waals surface area contributed by atoms with Crippen molar-refractivity contribution < 1.29 is 22.3 Å². The van der Waals surface area contributed by atoms with Crippen LogP contribution >= 0.6 is 0 Å². The van der Waals surface area contributed by atoms with Crippen LogP contribution in [0.4, 0.5) is 23.2 Å². The monoisotopic (exact) mass is 278 g/mol. The van der Waals surface area contributed by atoms with Gasteiger partial charge in [-0.25, -0.2) is 0 Å². The molecule has 1 aromatic heterocycles. The third-order valence-corrected chi connectivity index (χ3v) is 3.44. The van der Waals surface area contributed by atoms with Crippen LogP contribution in [0.15, 0.2) is 0 Å². The molecule has 1 atom stereocenters. The molecule has 7 heteroatoms. The molecule has 0 aliphatic carbocycles. The van der Waals surface area contributed by atoms with Crippen molar-refractivity contribution >= 4 is 5.69 Å². The summed E-state index contributed by atoms with van der Waals surface area (Å²) in [5, 5.41) is 0. The van der Waals surface area contributed by atoms with Crippen LogP contribution in [0.5, 0.6) is 0 Å². The summed E-state index contributed by atoms with van der Waals surface area (Å²) in [6.45, 7) is 2.23. The molecular formula is C12H14F4N2O. The molecule has 0 N–H and O–H groups in total. The second-order valence-electron chi connectivity index (χ2n) is 4.85. The molecule has 1 aliphatic rings. The van der Waals surface area contributed by atoms with Crippen molar-refractivity contribution in [3.63, 3.8) is 0 Å². The zero-order valence-corrected chi connectivity index (χ0v) is 10.6. The minimum atomic E-state index is -1.64. The zero-order chi connectivity index (χ0) is 14.2. The maximum absolute atomic E-state index is 13.7. The van der Waals surface area contributed by atoms with Gasteiger partial charge in [-0.3, -0.25) is 0 Å². The Balaban J connectivity index is 2.42. The van der Waals surface area contributed by atoms with Gasteiger partial charge in [-0.1, -0.05) is 0 Å². The Morgan fingerprint density at radius 3 is 2.26 bits per heavy atom. The molecule has 2 rings (SSSR count). The molecular weight excluding hydrogens is 264 g/mol. The fourth-order valence-corrected chi connectivity index (χ4v) is 2.32. The van der Waals surface area contributed by atoms with Gasteiger partial charge in [-0.05, 0) is 19.8 Å².